The molecule has 1 saturated heterocycles. The number of aromatic amines is 3. The maximum Gasteiger partial charge on any atom is 0.330 e. The van der Waals surface area contributed by atoms with E-state index in [0.717, 1.165) is 44.1 Å². The Morgan fingerprint density at radius 1 is 1.04 bits per heavy atom. The van der Waals surface area contributed by atoms with Gasteiger partial charge in [-0.25, -0.2) is 4.79 Å². The Kier molecular flexibility index (Phi) is 9.30. The van der Waals surface area contributed by atoms with E-state index < -0.39 is 31.9 Å². The van der Waals surface area contributed by atoms with Gasteiger partial charge < -0.3 is 24.4 Å². The van der Waals surface area contributed by atoms with Crippen molar-refractivity contribution in [3.8, 4) is 0 Å². The van der Waals surface area contributed by atoms with E-state index in [1.807, 2.05) is 39.0 Å². The fourth-order valence-electron chi connectivity index (χ4n) is 6.86. The number of rotatable bonds is 8. The summed E-state index contributed by atoms with van der Waals surface area (Å²) in [5.41, 5.74) is 5.03. The lowest BCUT2D eigenvalue weighted by atomic mass is 9.95. The molecule has 3 atom stereocenters. The van der Waals surface area contributed by atoms with Crippen LogP contribution in [0.3, 0.4) is 0 Å². The number of hydrogen-bond acceptors (Lipinski definition) is 6. The second-order valence-corrected chi connectivity index (χ2v) is 20.4. The second kappa shape index (κ2) is 13.0. The lowest BCUT2D eigenvalue weighted by Gasteiger charge is -2.39. The molecule has 1 aliphatic heterocycles. The maximum absolute atomic E-state index is 14.0. The van der Waals surface area contributed by atoms with Crippen LogP contribution >= 0.6 is 11.6 Å². The quantitative estimate of drug-likeness (QED) is 0.138. The molecule has 13 heteroatoms. The molecule has 0 radical (unpaired) electrons. The SMILES string of the molecule is Cc1[nH]c2c(C)c3c([nH]c4ccc(Cl)cc43)c(C)c2c(=O)c1CCC(=O)NC[C@H]1O[C@@H](n2cc(C)c(=O)[nH]c2=O)C[C@@H]1O[Si](C)(C)C(C)(C)C. The number of ether oxygens (including phenoxy) is 1. The van der Waals surface area contributed by atoms with Gasteiger partial charge in [0.25, 0.3) is 5.56 Å². The minimum absolute atomic E-state index is 0.0696. The molecule has 11 nitrogen and oxygen atoms in total. The second-order valence-electron chi connectivity index (χ2n) is 15.2. The van der Waals surface area contributed by atoms with Crippen molar-refractivity contribution in [2.75, 3.05) is 6.54 Å². The maximum atomic E-state index is 14.0. The first-order valence-corrected chi connectivity index (χ1v) is 20.3. The van der Waals surface area contributed by atoms with Gasteiger partial charge in [0.2, 0.25) is 5.91 Å². The summed E-state index contributed by atoms with van der Waals surface area (Å²) in [5, 5.41) is 6.21. The Hall–Kier alpha value is -3.97. The number of aryl methyl sites for hydroxylation is 4. The highest BCUT2D eigenvalue weighted by molar-refractivity contribution is 6.74. The van der Waals surface area contributed by atoms with E-state index in [-0.39, 0.29) is 41.9 Å². The van der Waals surface area contributed by atoms with E-state index in [9.17, 15) is 19.2 Å². The van der Waals surface area contributed by atoms with Crippen LogP contribution in [-0.4, -0.2) is 52.5 Å². The molecule has 1 fully saturated rings. The van der Waals surface area contributed by atoms with Crippen molar-refractivity contribution in [3.05, 3.63) is 88.4 Å². The normalized spacial score (nSPS) is 18.5. The number of H-pyrrole nitrogens is 3. The van der Waals surface area contributed by atoms with Crippen LogP contribution in [0.4, 0.5) is 0 Å². The Bertz CT molecular complexity index is 2350. The van der Waals surface area contributed by atoms with Crippen LogP contribution in [0.15, 0.2) is 38.8 Å². The molecule has 4 heterocycles. The number of carbonyl (C=O) groups excluding carboxylic acids is 1. The van der Waals surface area contributed by atoms with Gasteiger partial charge in [-0.2, -0.15) is 0 Å². The van der Waals surface area contributed by atoms with Gasteiger partial charge in [0.05, 0.1) is 22.5 Å². The number of amides is 1. The fraction of sp³-hybridized carbons (Fsp3) is 0.459. The summed E-state index contributed by atoms with van der Waals surface area (Å²) in [4.78, 5) is 61.4. The van der Waals surface area contributed by atoms with Crippen molar-refractivity contribution in [2.24, 2.45) is 0 Å². The third-order valence-electron chi connectivity index (χ3n) is 10.8. The van der Waals surface area contributed by atoms with Crippen molar-refractivity contribution in [1.82, 2.24) is 24.8 Å². The fourth-order valence-corrected chi connectivity index (χ4v) is 8.39. The number of nitrogens with one attached hydrogen (secondary N) is 4. The number of pyridine rings is 1. The molecule has 1 aliphatic rings. The predicted molar refractivity (Wildman–Crippen MR) is 201 cm³/mol. The Morgan fingerprint density at radius 2 is 1.72 bits per heavy atom. The molecule has 0 aliphatic carbocycles. The van der Waals surface area contributed by atoms with Crippen LogP contribution < -0.4 is 22.0 Å². The Labute approximate surface area is 295 Å². The van der Waals surface area contributed by atoms with Crippen LogP contribution in [0, 0.1) is 27.7 Å². The van der Waals surface area contributed by atoms with E-state index in [2.05, 4.69) is 54.1 Å². The molecule has 6 rings (SSSR count). The molecule has 266 valence electrons. The van der Waals surface area contributed by atoms with Crippen molar-refractivity contribution < 1.29 is 14.0 Å². The van der Waals surface area contributed by atoms with Crippen LogP contribution in [0.25, 0.3) is 32.7 Å². The molecule has 0 spiro atoms. The van der Waals surface area contributed by atoms with Gasteiger partial charge in [-0.3, -0.25) is 23.9 Å². The van der Waals surface area contributed by atoms with Crippen molar-refractivity contribution >= 4 is 58.5 Å². The first-order chi connectivity index (χ1) is 23.4. The number of fused-ring (bicyclic) bond motifs is 4. The van der Waals surface area contributed by atoms with Gasteiger partial charge >= 0.3 is 5.69 Å². The zero-order valence-corrected chi connectivity index (χ0v) is 31.9. The average molecular weight is 720 g/mol. The van der Waals surface area contributed by atoms with Gasteiger partial charge in [-0.05, 0) is 81.6 Å². The van der Waals surface area contributed by atoms with Crippen LogP contribution in [-0.2, 0) is 20.4 Å². The molecular formula is C37H46ClN5O6Si. The first kappa shape index (κ1) is 35.8. The monoisotopic (exact) mass is 719 g/mol. The number of hydrogen-bond donors (Lipinski definition) is 4. The van der Waals surface area contributed by atoms with E-state index in [4.69, 9.17) is 20.8 Å². The van der Waals surface area contributed by atoms with Gasteiger partial charge in [-0.1, -0.05) is 32.4 Å². The van der Waals surface area contributed by atoms with Crippen LogP contribution in [0.2, 0.25) is 23.2 Å². The molecule has 0 unspecified atom stereocenters. The average Bonchev–Trinajstić information content (AvgIpc) is 3.60. The predicted octanol–water partition coefficient (Wildman–Crippen LogP) is 6.33. The van der Waals surface area contributed by atoms with Gasteiger partial charge in [0.1, 0.15) is 12.3 Å². The molecular weight excluding hydrogens is 674 g/mol. The molecule has 3 aromatic heterocycles. The van der Waals surface area contributed by atoms with E-state index in [1.54, 1.807) is 6.92 Å². The number of benzene rings is 2. The highest BCUT2D eigenvalue weighted by Crippen LogP contribution is 2.41. The third kappa shape index (κ3) is 6.38. The third-order valence-corrected chi connectivity index (χ3v) is 15.5. The minimum atomic E-state index is -2.25. The standard InChI is InChI=1S/C37H46ClN5O6Si/c1-18-17-43(36(47)42-35(18)46)29-15-26(49-50(8,9)37(5,6)7)27(48-29)16-39-28(44)13-11-23-21(4)40-33-19(2)30-24-14-22(38)10-12-25(24)41-32(30)20(3)31(33)34(23)45/h10,12,14,17,26-27,29,41H,11,13,15-16H2,1-9H3,(H,39,44)(H,40,45)(H,42,46,47)/t26-,27+,29+/m0/s1. The lowest BCUT2D eigenvalue weighted by Crippen LogP contribution is -2.48. The zero-order chi connectivity index (χ0) is 36.4. The molecule has 4 N–H and O–H groups in total. The zero-order valence-electron chi connectivity index (χ0n) is 30.1. The summed E-state index contributed by atoms with van der Waals surface area (Å²) >= 11 is 6.33. The summed E-state index contributed by atoms with van der Waals surface area (Å²) in [7, 11) is -2.25. The number of nitrogens with zero attached hydrogens (tertiary/aromatic N) is 1. The summed E-state index contributed by atoms with van der Waals surface area (Å²) in [6.07, 6.45) is 0.675. The molecule has 5 aromatic rings. The van der Waals surface area contributed by atoms with Gasteiger partial charge in [-0.15, -0.1) is 0 Å². The molecule has 0 saturated carbocycles. The topological polar surface area (TPSA) is 151 Å². The summed E-state index contributed by atoms with van der Waals surface area (Å²) in [6.45, 7) is 18.4. The van der Waals surface area contributed by atoms with Crippen LogP contribution in [0.5, 0.6) is 0 Å². The van der Waals surface area contributed by atoms with Crippen molar-refractivity contribution in [2.45, 2.75) is 104 Å². The summed E-state index contributed by atoms with van der Waals surface area (Å²) in [5.74, 6) is -0.227. The highest BCUT2D eigenvalue weighted by atomic mass is 35.5. The number of halogens is 1. The van der Waals surface area contributed by atoms with Gasteiger partial charge in [0.15, 0.2) is 13.7 Å². The van der Waals surface area contributed by atoms with Crippen molar-refractivity contribution in [1.29, 1.82) is 0 Å². The van der Waals surface area contributed by atoms with Gasteiger partial charge in [0, 0.05) is 63.7 Å². The summed E-state index contributed by atoms with van der Waals surface area (Å²) in [6, 6.07) is 5.73. The smallest absolute Gasteiger partial charge is 0.330 e. The van der Waals surface area contributed by atoms with E-state index in [0.29, 0.717) is 28.0 Å². The Morgan fingerprint density at radius 3 is 2.42 bits per heavy atom. The number of carbonyl (C=O) groups is 1. The number of aromatic nitrogens is 4. The first-order valence-electron chi connectivity index (χ1n) is 17.1. The highest BCUT2D eigenvalue weighted by Gasteiger charge is 2.45. The van der Waals surface area contributed by atoms with Crippen LogP contribution in [0.1, 0.15) is 67.8 Å². The Balaban J connectivity index is 1.22. The molecule has 1 amide bonds. The molecule has 0 bridgehead atoms. The van der Waals surface area contributed by atoms with E-state index in [1.165, 1.54) is 10.8 Å². The largest absolute Gasteiger partial charge is 0.411 e. The molecule has 2 aromatic carbocycles. The van der Waals surface area contributed by atoms with E-state index >= 15 is 0 Å². The minimum Gasteiger partial charge on any atom is -0.411 e. The molecule has 50 heavy (non-hydrogen) atoms. The summed E-state index contributed by atoms with van der Waals surface area (Å²) < 4.78 is 14.5. The van der Waals surface area contributed by atoms with Crippen molar-refractivity contribution in [3.63, 3.8) is 0 Å². The lowest BCUT2D eigenvalue weighted by molar-refractivity contribution is -0.122.